The van der Waals surface area contributed by atoms with Crippen LogP contribution in [0.1, 0.15) is 39.2 Å². The highest BCUT2D eigenvalue weighted by Crippen LogP contribution is 2.33. The van der Waals surface area contributed by atoms with Crippen LogP contribution in [0.4, 0.5) is 0 Å². The maximum absolute atomic E-state index is 9.67. The van der Waals surface area contributed by atoms with Crippen LogP contribution < -0.4 is 0 Å². The predicted molar refractivity (Wildman–Crippen MR) is 71.0 cm³/mol. The molecule has 0 aliphatic carbocycles. The van der Waals surface area contributed by atoms with Crippen LogP contribution in [0.15, 0.2) is 30.3 Å². The van der Waals surface area contributed by atoms with Crippen LogP contribution in [0.2, 0.25) is 0 Å². The molecule has 0 radical (unpaired) electrons. The molecule has 0 heterocycles. The highest BCUT2D eigenvalue weighted by Gasteiger charge is 2.32. The van der Waals surface area contributed by atoms with E-state index >= 15 is 0 Å². The van der Waals surface area contributed by atoms with Gasteiger partial charge in [-0.05, 0) is 23.8 Å². The highest BCUT2D eigenvalue weighted by atomic mass is 16.3. The van der Waals surface area contributed by atoms with E-state index in [0.717, 1.165) is 18.4 Å². The van der Waals surface area contributed by atoms with Gasteiger partial charge >= 0.3 is 0 Å². The lowest BCUT2D eigenvalue weighted by atomic mass is 9.74. The summed E-state index contributed by atoms with van der Waals surface area (Å²) >= 11 is 0. The molecule has 0 bridgehead atoms. The van der Waals surface area contributed by atoms with Gasteiger partial charge in [0, 0.05) is 5.41 Å². The maximum atomic E-state index is 9.67. The van der Waals surface area contributed by atoms with E-state index in [1.807, 2.05) is 30.3 Å². The Morgan fingerprint density at radius 3 is 1.82 bits per heavy atom. The van der Waals surface area contributed by atoms with Gasteiger partial charge in [-0.15, -0.1) is 0 Å². The van der Waals surface area contributed by atoms with E-state index in [4.69, 9.17) is 0 Å². The van der Waals surface area contributed by atoms with E-state index in [-0.39, 0.29) is 18.6 Å². The Bertz CT molecular complexity index is 321. The SMILES string of the molecule is CC(C)(C)CCC(CO)(CO)c1ccccc1. The molecule has 1 rings (SSSR count). The Morgan fingerprint density at radius 2 is 1.41 bits per heavy atom. The Labute approximate surface area is 104 Å². The second-order valence-corrected chi connectivity index (χ2v) is 6.02. The topological polar surface area (TPSA) is 40.5 Å². The van der Waals surface area contributed by atoms with E-state index in [1.165, 1.54) is 0 Å². The number of rotatable bonds is 5. The molecule has 0 aromatic heterocycles. The summed E-state index contributed by atoms with van der Waals surface area (Å²) in [6.07, 6.45) is 1.77. The van der Waals surface area contributed by atoms with Gasteiger partial charge in [0.2, 0.25) is 0 Å². The Balaban J connectivity index is 2.90. The second kappa shape index (κ2) is 5.65. The van der Waals surface area contributed by atoms with Crippen LogP contribution in [-0.4, -0.2) is 23.4 Å². The molecule has 0 atom stereocenters. The van der Waals surface area contributed by atoms with Gasteiger partial charge in [0.25, 0.3) is 0 Å². The summed E-state index contributed by atoms with van der Waals surface area (Å²) in [5, 5.41) is 19.3. The third-order valence-corrected chi connectivity index (χ3v) is 3.35. The van der Waals surface area contributed by atoms with Crippen molar-refractivity contribution in [2.24, 2.45) is 5.41 Å². The molecule has 1 aromatic carbocycles. The monoisotopic (exact) mass is 236 g/mol. The molecule has 0 aliphatic heterocycles. The summed E-state index contributed by atoms with van der Waals surface area (Å²) in [6.45, 7) is 6.51. The van der Waals surface area contributed by atoms with Gasteiger partial charge in [0.15, 0.2) is 0 Å². The van der Waals surface area contributed by atoms with Crippen LogP contribution >= 0.6 is 0 Å². The molecule has 2 N–H and O–H groups in total. The summed E-state index contributed by atoms with van der Waals surface area (Å²) in [5.74, 6) is 0. The Hall–Kier alpha value is -0.860. The fourth-order valence-corrected chi connectivity index (χ4v) is 1.94. The smallest absolute Gasteiger partial charge is 0.0550 e. The lowest BCUT2D eigenvalue weighted by Crippen LogP contribution is -2.35. The molecule has 0 aliphatic rings. The first-order valence-electron chi connectivity index (χ1n) is 6.21. The van der Waals surface area contributed by atoms with Crippen LogP contribution in [0.3, 0.4) is 0 Å². The van der Waals surface area contributed by atoms with E-state index < -0.39 is 5.41 Å². The molecule has 0 saturated heterocycles. The minimum absolute atomic E-state index is 0.0103. The van der Waals surface area contributed by atoms with Crippen molar-refractivity contribution >= 4 is 0 Å². The first-order chi connectivity index (χ1) is 7.93. The average Bonchev–Trinajstić information content (AvgIpc) is 2.31. The fraction of sp³-hybridized carbons (Fsp3) is 0.600. The molecule has 96 valence electrons. The molecule has 0 amide bonds. The van der Waals surface area contributed by atoms with Crippen molar-refractivity contribution < 1.29 is 10.2 Å². The molecule has 17 heavy (non-hydrogen) atoms. The fourth-order valence-electron chi connectivity index (χ4n) is 1.94. The van der Waals surface area contributed by atoms with Gasteiger partial charge in [-0.1, -0.05) is 51.1 Å². The Morgan fingerprint density at radius 1 is 0.882 bits per heavy atom. The molecule has 2 nitrogen and oxygen atoms in total. The summed E-state index contributed by atoms with van der Waals surface area (Å²) in [4.78, 5) is 0. The van der Waals surface area contributed by atoms with E-state index in [9.17, 15) is 10.2 Å². The molecule has 2 heteroatoms. The number of hydrogen-bond acceptors (Lipinski definition) is 2. The summed E-state index contributed by atoms with van der Waals surface area (Å²) in [7, 11) is 0. The third-order valence-electron chi connectivity index (χ3n) is 3.35. The zero-order valence-electron chi connectivity index (χ0n) is 11.1. The number of aliphatic hydroxyl groups excluding tert-OH is 2. The van der Waals surface area contributed by atoms with Gasteiger partial charge in [-0.2, -0.15) is 0 Å². The highest BCUT2D eigenvalue weighted by molar-refractivity contribution is 5.25. The van der Waals surface area contributed by atoms with Gasteiger partial charge in [0.05, 0.1) is 13.2 Å². The van der Waals surface area contributed by atoms with E-state index in [1.54, 1.807) is 0 Å². The van der Waals surface area contributed by atoms with Crippen molar-refractivity contribution in [1.29, 1.82) is 0 Å². The van der Waals surface area contributed by atoms with Crippen molar-refractivity contribution in [3.05, 3.63) is 35.9 Å². The predicted octanol–water partition coefficient (Wildman–Crippen LogP) is 2.74. The molecule has 0 unspecified atom stereocenters. The first-order valence-corrected chi connectivity index (χ1v) is 6.21. The second-order valence-electron chi connectivity index (χ2n) is 6.02. The Kier molecular flexibility index (Phi) is 4.72. The molecule has 1 aromatic rings. The van der Waals surface area contributed by atoms with Crippen molar-refractivity contribution in [2.75, 3.05) is 13.2 Å². The van der Waals surface area contributed by atoms with Crippen LogP contribution in [0.25, 0.3) is 0 Å². The van der Waals surface area contributed by atoms with E-state index in [2.05, 4.69) is 20.8 Å². The lowest BCUT2D eigenvalue weighted by molar-refractivity contribution is 0.0987. The average molecular weight is 236 g/mol. The number of benzene rings is 1. The standard InChI is InChI=1S/C15H24O2/c1-14(2,3)9-10-15(11-16,12-17)13-7-5-4-6-8-13/h4-8,16-17H,9-12H2,1-3H3. The van der Waals surface area contributed by atoms with Crippen LogP contribution in [0, 0.1) is 5.41 Å². The van der Waals surface area contributed by atoms with Crippen LogP contribution in [-0.2, 0) is 5.41 Å². The normalized spacial score (nSPS) is 12.8. The quantitative estimate of drug-likeness (QED) is 0.825. The van der Waals surface area contributed by atoms with E-state index in [0.29, 0.717) is 0 Å². The largest absolute Gasteiger partial charge is 0.395 e. The van der Waals surface area contributed by atoms with Gasteiger partial charge in [0.1, 0.15) is 0 Å². The molecule has 0 fully saturated rings. The summed E-state index contributed by atoms with van der Waals surface area (Å²) in [5.41, 5.74) is 0.730. The van der Waals surface area contributed by atoms with Crippen LogP contribution in [0.5, 0.6) is 0 Å². The molecule has 0 spiro atoms. The zero-order valence-corrected chi connectivity index (χ0v) is 11.1. The van der Waals surface area contributed by atoms with Crippen molar-refractivity contribution in [2.45, 2.75) is 39.0 Å². The van der Waals surface area contributed by atoms with Gasteiger partial charge < -0.3 is 10.2 Å². The van der Waals surface area contributed by atoms with Crippen molar-refractivity contribution in [1.82, 2.24) is 0 Å². The van der Waals surface area contributed by atoms with Gasteiger partial charge in [-0.3, -0.25) is 0 Å². The number of hydrogen-bond donors (Lipinski definition) is 2. The zero-order chi connectivity index (χ0) is 12.9. The van der Waals surface area contributed by atoms with Gasteiger partial charge in [-0.25, -0.2) is 0 Å². The maximum Gasteiger partial charge on any atom is 0.0550 e. The minimum atomic E-state index is -0.505. The number of aliphatic hydroxyl groups is 2. The summed E-state index contributed by atoms with van der Waals surface area (Å²) < 4.78 is 0. The molecular formula is C15H24O2. The lowest BCUT2D eigenvalue weighted by Gasteiger charge is -2.33. The third kappa shape index (κ3) is 3.83. The summed E-state index contributed by atoms with van der Waals surface area (Å²) in [6, 6.07) is 9.82. The van der Waals surface area contributed by atoms with Crippen molar-refractivity contribution in [3.8, 4) is 0 Å². The minimum Gasteiger partial charge on any atom is -0.395 e. The van der Waals surface area contributed by atoms with Crippen molar-refractivity contribution in [3.63, 3.8) is 0 Å². The first kappa shape index (κ1) is 14.2. The molecule has 0 saturated carbocycles. The molecular weight excluding hydrogens is 212 g/mol.